The van der Waals surface area contributed by atoms with E-state index in [1.165, 1.54) is 24.3 Å². The van der Waals surface area contributed by atoms with Gasteiger partial charge in [0.25, 0.3) is 5.56 Å². The summed E-state index contributed by atoms with van der Waals surface area (Å²) in [7, 11) is 0. The van der Waals surface area contributed by atoms with Crippen molar-refractivity contribution in [1.82, 2.24) is 9.78 Å². The van der Waals surface area contributed by atoms with E-state index in [4.69, 9.17) is 9.84 Å². The van der Waals surface area contributed by atoms with Crippen molar-refractivity contribution in [3.63, 3.8) is 0 Å². The number of rotatable bonds is 5. The monoisotopic (exact) mass is 342 g/mol. The molecule has 128 valence electrons. The van der Waals surface area contributed by atoms with Gasteiger partial charge in [0.05, 0.1) is 18.5 Å². The zero-order valence-corrected chi connectivity index (χ0v) is 13.2. The van der Waals surface area contributed by atoms with Crippen molar-refractivity contribution in [2.75, 3.05) is 6.61 Å². The van der Waals surface area contributed by atoms with Crippen LogP contribution in [0, 0.1) is 5.82 Å². The molecular weight excluding hydrogens is 327 g/mol. The van der Waals surface area contributed by atoms with Crippen LogP contribution in [0.4, 0.5) is 4.39 Å². The zero-order valence-electron chi connectivity index (χ0n) is 13.2. The van der Waals surface area contributed by atoms with E-state index in [0.717, 1.165) is 4.68 Å². The lowest BCUT2D eigenvalue weighted by atomic mass is 10.1. The van der Waals surface area contributed by atoms with Crippen molar-refractivity contribution in [1.29, 1.82) is 0 Å². The number of benzene rings is 2. The summed E-state index contributed by atoms with van der Waals surface area (Å²) in [6.07, 6.45) is 0. The van der Waals surface area contributed by atoms with Gasteiger partial charge in [0.2, 0.25) is 0 Å². The molecule has 0 amide bonds. The molecule has 2 aromatic carbocycles. The number of ether oxygens (including phenoxy) is 1. The highest BCUT2D eigenvalue weighted by atomic mass is 19.1. The Morgan fingerprint density at radius 1 is 1.12 bits per heavy atom. The first-order valence-electron chi connectivity index (χ1n) is 7.62. The number of nitrogens with zero attached hydrogens (tertiary/aromatic N) is 2. The number of carbonyl (C=O) groups excluding carboxylic acids is 1. The Morgan fingerprint density at radius 2 is 1.80 bits per heavy atom. The highest BCUT2D eigenvalue weighted by molar-refractivity contribution is 6.02. The van der Waals surface area contributed by atoms with Crippen LogP contribution < -0.4 is 5.56 Å². The number of fused-ring (bicyclic) bond motifs is 1. The molecule has 0 aliphatic rings. The molecule has 3 aromatic rings. The van der Waals surface area contributed by atoms with Crippen LogP contribution in [-0.4, -0.2) is 27.5 Å². The third-order valence-corrected chi connectivity index (χ3v) is 3.66. The van der Waals surface area contributed by atoms with Crippen LogP contribution in [-0.2, 0) is 17.9 Å². The predicted octanol–water partition coefficient (Wildman–Crippen LogP) is 1.88. The minimum atomic E-state index is -0.702. The molecule has 0 spiro atoms. The summed E-state index contributed by atoms with van der Waals surface area (Å²) in [4.78, 5) is 24.7. The topological polar surface area (TPSA) is 81.4 Å². The van der Waals surface area contributed by atoms with E-state index in [9.17, 15) is 14.0 Å². The quantitative estimate of drug-likeness (QED) is 0.716. The van der Waals surface area contributed by atoms with Crippen LogP contribution in [0.2, 0.25) is 0 Å². The van der Waals surface area contributed by atoms with Gasteiger partial charge < -0.3 is 9.84 Å². The van der Waals surface area contributed by atoms with Crippen LogP contribution in [0.3, 0.4) is 0 Å². The van der Waals surface area contributed by atoms with Crippen molar-refractivity contribution < 1.29 is 19.0 Å². The number of aliphatic hydroxyl groups is 1. The molecule has 6 nitrogen and oxygen atoms in total. The van der Waals surface area contributed by atoms with Gasteiger partial charge in [-0.3, -0.25) is 4.79 Å². The summed E-state index contributed by atoms with van der Waals surface area (Å²) in [6, 6.07) is 12.2. The summed E-state index contributed by atoms with van der Waals surface area (Å²) in [5, 5.41) is 13.8. The van der Waals surface area contributed by atoms with Crippen LogP contribution in [0.15, 0.2) is 53.3 Å². The van der Waals surface area contributed by atoms with E-state index < -0.39 is 5.97 Å². The van der Waals surface area contributed by atoms with E-state index in [0.29, 0.717) is 16.3 Å². The highest BCUT2D eigenvalue weighted by Gasteiger charge is 2.18. The van der Waals surface area contributed by atoms with E-state index in [-0.39, 0.29) is 36.8 Å². The van der Waals surface area contributed by atoms with Gasteiger partial charge >= 0.3 is 5.97 Å². The molecule has 25 heavy (non-hydrogen) atoms. The first-order chi connectivity index (χ1) is 12.1. The molecule has 0 radical (unpaired) electrons. The minimum Gasteiger partial charge on any atom is -0.456 e. The van der Waals surface area contributed by atoms with Gasteiger partial charge in [0.1, 0.15) is 12.4 Å². The molecule has 0 fully saturated rings. The second kappa shape index (κ2) is 7.23. The normalized spacial score (nSPS) is 10.8. The maximum atomic E-state index is 12.9. The summed E-state index contributed by atoms with van der Waals surface area (Å²) < 4.78 is 19.2. The molecule has 0 unspecified atom stereocenters. The predicted molar refractivity (Wildman–Crippen MR) is 88.6 cm³/mol. The molecule has 0 aliphatic heterocycles. The van der Waals surface area contributed by atoms with E-state index in [2.05, 4.69) is 5.10 Å². The van der Waals surface area contributed by atoms with Gasteiger partial charge in [-0.2, -0.15) is 5.10 Å². The molecule has 1 heterocycles. The number of aliphatic hydroxyl groups excluding tert-OH is 1. The number of esters is 1. The Bertz CT molecular complexity index is 967. The van der Waals surface area contributed by atoms with E-state index in [1.54, 1.807) is 24.3 Å². The van der Waals surface area contributed by atoms with Crippen molar-refractivity contribution in [2.45, 2.75) is 13.2 Å². The number of carbonyl (C=O) groups is 1. The maximum Gasteiger partial charge on any atom is 0.359 e. The molecule has 0 saturated heterocycles. The fraction of sp³-hybridized carbons (Fsp3) is 0.167. The molecule has 1 aromatic heterocycles. The lowest BCUT2D eigenvalue weighted by Crippen LogP contribution is -2.27. The van der Waals surface area contributed by atoms with Crippen molar-refractivity contribution in [3.05, 3.63) is 76.0 Å². The average Bonchev–Trinajstić information content (AvgIpc) is 2.63. The van der Waals surface area contributed by atoms with Gasteiger partial charge in [-0.05, 0) is 23.8 Å². The Labute approximate surface area is 142 Å². The summed E-state index contributed by atoms with van der Waals surface area (Å²) in [5.74, 6) is -1.08. The molecule has 1 N–H and O–H groups in total. The first-order valence-corrected chi connectivity index (χ1v) is 7.62. The van der Waals surface area contributed by atoms with Crippen LogP contribution in [0.1, 0.15) is 16.1 Å². The Balaban J connectivity index is 1.93. The standard InChI is InChI=1S/C18H15FN2O4/c19-13-7-5-12(6-8-13)11-25-18(24)16-14-3-1-2-4-15(14)17(23)21(20-16)9-10-22/h1-8,22H,9-11H2. The Kier molecular flexibility index (Phi) is 4.85. The van der Waals surface area contributed by atoms with E-state index in [1.807, 2.05) is 0 Å². The Morgan fingerprint density at radius 3 is 2.48 bits per heavy atom. The Hall–Kier alpha value is -3.06. The van der Waals surface area contributed by atoms with Crippen molar-refractivity contribution in [2.24, 2.45) is 0 Å². The largest absolute Gasteiger partial charge is 0.456 e. The fourth-order valence-electron chi connectivity index (χ4n) is 2.43. The number of halogens is 1. The van der Waals surface area contributed by atoms with Crippen molar-refractivity contribution in [3.8, 4) is 0 Å². The second-order valence-electron chi connectivity index (χ2n) is 5.35. The minimum absolute atomic E-state index is 0.00855. The first kappa shape index (κ1) is 16.8. The maximum absolute atomic E-state index is 12.9. The van der Waals surface area contributed by atoms with Gasteiger partial charge in [-0.15, -0.1) is 0 Å². The molecule has 0 bridgehead atoms. The molecule has 3 rings (SSSR count). The number of hydrogen-bond donors (Lipinski definition) is 1. The summed E-state index contributed by atoms with van der Waals surface area (Å²) >= 11 is 0. The fourth-order valence-corrected chi connectivity index (χ4v) is 2.43. The molecular formula is C18H15FN2O4. The van der Waals surface area contributed by atoms with Gasteiger partial charge in [-0.1, -0.05) is 30.3 Å². The third-order valence-electron chi connectivity index (χ3n) is 3.66. The lowest BCUT2D eigenvalue weighted by molar-refractivity contribution is 0.0464. The van der Waals surface area contributed by atoms with Crippen LogP contribution in [0.25, 0.3) is 10.8 Å². The smallest absolute Gasteiger partial charge is 0.359 e. The number of hydrogen-bond acceptors (Lipinski definition) is 5. The van der Waals surface area contributed by atoms with Gasteiger partial charge in [0.15, 0.2) is 5.69 Å². The number of aromatic nitrogens is 2. The highest BCUT2D eigenvalue weighted by Crippen LogP contribution is 2.15. The van der Waals surface area contributed by atoms with Gasteiger partial charge in [0, 0.05) is 5.39 Å². The van der Waals surface area contributed by atoms with Crippen molar-refractivity contribution >= 4 is 16.7 Å². The van der Waals surface area contributed by atoms with E-state index >= 15 is 0 Å². The van der Waals surface area contributed by atoms with Gasteiger partial charge in [-0.25, -0.2) is 13.9 Å². The summed E-state index contributed by atoms with van der Waals surface area (Å²) in [5.41, 5.74) is 0.230. The zero-order chi connectivity index (χ0) is 17.8. The molecule has 7 heteroatoms. The SMILES string of the molecule is O=C(OCc1ccc(F)cc1)c1nn(CCO)c(=O)c2ccccc12. The third kappa shape index (κ3) is 3.56. The second-order valence-corrected chi connectivity index (χ2v) is 5.35. The average molecular weight is 342 g/mol. The molecule has 0 atom stereocenters. The molecule has 0 saturated carbocycles. The van der Waals surface area contributed by atoms with Crippen LogP contribution in [0.5, 0.6) is 0 Å². The van der Waals surface area contributed by atoms with Crippen LogP contribution >= 0.6 is 0 Å². The summed E-state index contributed by atoms with van der Waals surface area (Å²) in [6.45, 7) is -0.356. The lowest BCUT2D eigenvalue weighted by Gasteiger charge is -2.10. The molecule has 0 aliphatic carbocycles.